The number of ether oxygens (including phenoxy) is 1. The molecule has 210 valence electrons. The van der Waals surface area contributed by atoms with Gasteiger partial charge in [0, 0.05) is 34.7 Å². The number of fused-ring (bicyclic) bond motifs is 1. The lowest BCUT2D eigenvalue weighted by atomic mass is 10.0. The molecule has 0 spiro atoms. The van der Waals surface area contributed by atoms with Crippen LogP contribution < -0.4 is 5.43 Å². The number of thiophene rings is 1. The SMILES string of the molecule is CCOC(=O)c1cn(Cc2c(F)cccc2Cl)c2sc(-c3ccc(C)cc3)c(CN(C)Cc3ccccc3)c2c1=O. The van der Waals surface area contributed by atoms with Crippen LogP contribution in [0.25, 0.3) is 20.7 Å². The molecular formula is C33H30ClFN2O3S. The van der Waals surface area contributed by atoms with Crippen molar-refractivity contribution < 1.29 is 13.9 Å². The van der Waals surface area contributed by atoms with Gasteiger partial charge in [0.05, 0.1) is 18.5 Å². The molecule has 0 aliphatic rings. The molecule has 0 radical (unpaired) electrons. The summed E-state index contributed by atoms with van der Waals surface area (Å²) in [7, 11) is 2.00. The highest BCUT2D eigenvalue weighted by Crippen LogP contribution is 2.39. The summed E-state index contributed by atoms with van der Waals surface area (Å²) in [5.41, 5.74) is 3.84. The third-order valence-electron chi connectivity index (χ3n) is 6.93. The number of hydrogen-bond donors (Lipinski definition) is 0. The smallest absolute Gasteiger partial charge is 0.343 e. The molecule has 0 aliphatic heterocycles. The summed E-state index contributed by atoms with van der Waals surface area (Å²) < 4.78 is 21.9. The molecule has 0 fully saturated rings. The van der Waals surface area contributed by atoms with Crippen LogP contribution in [0.1, 0.15) is 39.5 Å². The molecule has 5 rings (SSSR count). The van der Waals surface area contributed by atoms with Gasteiger partial charge in [-0.1, -0.05) is 77.8 Å². The third kappa shape index (κ3) is 6.12. The van der Waals surface area contributed by atoms with E-state index < -0.39 is 17.2 Å². The van der Waals surface area contributed by atoms with E-state index in [0.717, 1.165) is 27.1 Å². The Morgan fingerprint density at radius 1 is 1.00 bits per heavy atom. The quantitative estimate of drug-likeness (QED) is 0.166. The Kier molecular flexibility index (Phi) is 8.68. The topological polar surface area (TPSA) is 51.5 Å². The van der Waals surface area contributed by atoms with Crippen molar-refractivity contribution in [2.75, 3.05) is 13.7 Å². The standard InChI is InChI=1S/C33H30ClFN2O3S/c1-4-40-33(39)26-20-37(19-24-27(34)11-8-12-28(24)35)32-29(30(26)38)25(18-36(3)17-22-9-6-5-7-10-22)31(41-32)23-15-13-21(2)14-16-23/h5-16,20H,4,17-19H2,1-3H3. The molecule has 0 unspecified atom stereocenters. The van der Waals surface area contributed by atoms with Crippen LogP contribution >= 0.6 is 22.9 Å². The van der Waals surface area contributed by atoms with E-state index in [9.17, 15) is 14.0 Å². The van der Waals surface area contributed by atoms with E-state index in [4.69, 9.17) is 16.3 Å². The second-order valence-corrected chi connectivity index (χ2v) is 11.4. The lowest BCUT2D eigenvalue weighted by Gasteiger charge is -2.18. The van der Waals surface area contributed by atoms with Crippen molar-refractivity contribution in [3.8, 4) is 10.4 Å². The molecule has 3 aromatic carbocycles. The number of hydrogen-bond acceptors (Lipinski definition) is 5. The molecule has 0 N–H and O–H groups in total. The number of benzene rings is 3. The molecule has 0 saturated carbocycles. The minimum Gasteiger partial charge on any atom is -0.462 e. The van der Waals surface area contributed by atoms with Crippen molar-refractivity contribution in [3.63, 3.8) is 0 Å². The van der Waals surface area contributed by atoms with E-state index >= 15 is 0 Å². The highest BCUT2D eigenvalue weighted by Gasteiger charge is 2.25. The van der Waals surface area contributed by atoms with Gasteiger partial charge in [0.15, 0.2) is 0 Å². The predicted molar refractivity (Wildman–Crippen MR) is 164 cm³/mol. The Labute approximate surface area is 247 Å². The molecule has 41 heavy (non-hydrogen) atoms. The van der Waals surface area contributed by atoms with E-state index in [1.807, 2.05) is 56.4 Å². The molecule has 0 aliphatic carbocycles. The Morgan fingerprint density at radius 2 is 1.73 bits per heavy atom. The molecule has 0 bridgehead atoms. The molecule has 2 aromatic heterocycles. The van der Waals surface area contributed by atoms with Crippen molar-refractivity contribution in [2.24, 2.45) is 0 Å². The highest BCUT2D eigenvalue weighted by molar-refractivity contribution is 7.22. The fraction of sp³-hybridized carbons (Fsp3) is 0.212. The number of aromatic nitrogens is 1. The summed E-state index contributed by atoms with van der Waals surface area (Å²) in [6, 6.07) is 22.8. The Morgan fingerprint density at radius 3 is 2.41 bits per heavy atom. The van der Waals surface area contributed by atoms with Crippen LogP contribution in [0.5, 0.6) is 0 Å². The maximum atomic E-state index is 14.9. The second kappa shape index (κ2) is 12.4. The van der Waals surface area contributed by atoms with Gasteiger partial charge in [0.25, 0.3) is 0 Å². The summed E-state index contributed by atoms with van der Waals surface area (Å²) in [6.07, 6.45) is 1.47. The number of esters is 1. The predicted octanol–water partition coefficient (Wildman–Crippen LogP) is 7.69. The van der Waals surface area contributed by atoms with E-state index in [0.29, 0.717) is 23.3 Å². The van der Waals surface area contributed by atoms with Crippen molar-refractivity contribution in [1.82, 2.24) is 9.47 Å². The number of carbonyl (C=O) groups is 1. The number of nitrogens with zero attached hydrogens (tertiary/aromatic N) is 2. The van der Waals surface area contributed by atoms with Crippen LogP contribution in [-0.2, 0) is 24.4 Å². The highest BCUT2D eigenvalue weighted by atomic mass is 35.5. The summed E-state index contributed by atoms with van der Waals surface area (Å²) in [6.45, 7) is 5.01. The molecule has 0 atom stereocenters. The number of halogens is 2. The summed E-state index contributed by atoms with van der Waals surface area (Å²) >= 11 is 7.85. The van der Waals surface area contributed by atoms with E-state index in [-0.39, 0.29) is 29.3 Å². The van der Waals surface area contributed by atoms with E-state index in [1.54, 1.807) is 23.6 Å². The first-order valence-electron chi connectivity index (χ1n) is 13.3. The van der Waals surface area contributed by atoms with Gasteiger partial charge in [-0.05, 0) is 49.7 Å². The Balaban J connectivity index is 1.74. The van der Waals surface area contributed by atoms with Crippen molar-refractivity contribution in [1.29, 1.82) is 0 Å². The van der Waals surface area contributed by atoms with E-state index in [1.165, 1.54) is 23.6 Å². The van der Waals surface area contributed by atoms with Crippen LogP contribution in [0, 0.1) is 12.7 Å². The average Bonchev–Trinajstić information content (AvgIpc) is 3.32. The number of rotatable bonds is 9. The van der Waals surface area contributed by atoms with Crippen LogP contribution in [0.4, 0.5) is 4.39 Å². The fourth-order valence-electron chi connectivity index (χ4n) is 4.93. The minimum absolute atomic E-state index is 0.0435. The van der Waals surface area contributed by atoms with Gasteiger partial charge in [0.1, 0.15) is 16.2 Å². The monoisotopic (exact) mass is 588 g/mol. The van der Waals surface area contributed by atoms with Crippen molar-refractivity contribution >= 4 is 39.1 Å². The van der Waals surface area contributed by atoms with Gasteiger partial charge >= 0.3 is 5.97 Å². The fourth-order valence-corrected chi connectivity index (χ4v) is 6.44. The Hall–Kier alpha value is -3.78. The van der Waals surface area contributed by atoms with Gasteiger partial charge < -0.3 is 9.30 Å². The zero-order valence-corrected chi connectivity index (χ0v) is 24.7. The van der Waals surface area contributed by atoms with Crippen molar-refractivity contribution in [2.45, 2.75) is 33.5 Å². The van der Waals surface area contributed by atoms with Crippen LogP contribution in [0.3, 0.4) is 0 Å². The largest absolute Gasteiger partial charge is 0.462 e. The molecule has 0 saturated heterocycles. The third-order valence-corrected chi connectivity index (χ3v) is 8.60. The minimum atomic E-state index is -0.709. The lowest BCUT2D eigenvalue weighted by molar-refractivity contribution is 0.0524. The molecule has 2 heterocycles. The average molecular weight is 589 g/mol. The van der Waals surface area contributed by atoms with Crippen LogP contribution in [-0.4, -0.2) is 29.1 Å². The van der Waals surface area contributed by atoms with Gasteiger partial charge in [-0.3, -0.25) is 9.69 Å². The van der Waals surface area contributed by atoms with Crippen molar-refractivity contribution in [3.05, 3.63) is 128 Å². The lowest BCUT2D eigenvalue weighted by Crippen LogP contribution is -2.23. The normalized spacial score (nSPS) is 11.4. The molecular weight excluding hydrogens is 559 g/mol. The van der Waals surface area contributed by atoms with Gasteiger partial charge in [-0.2, -0.15) is 0 Å². The number of pyridine rings is 1. The van der Waals surface area contributed by atoms with Crippen LogP contribution in [0.15, 0.2) is 83.8 Å². The first-order chi connectivity index (χ1) is 19.8. The molecule has 8 heteroatoms. The zero-order valence-electron chi connectivity index (χ0n) is 23.1. The zero-order chi connectivity index (χ0) is 29.1. The maximum Gasteiger partial charge on any atom is 0.343 e. The van der Waals surface area contributed by atoms with Gasteiger partial charge in [-0.25, -0.2) is 9.18 Å². The second-order valence-electron chi connectivity index (χ2n) is 10.0. The van der Waals surface area contributed by atoms with Gasteiger partial charge in [0.2, 0.25) is 5.43 Å². The molecule has 5 nitrogen and oxygen atoms in total. The Bertz CT molecular complexity index is 1740. The summed E-state index contributed by atoms with van der Waals surface area (Å²) in [5, 5.41) is 0.705. The first kappa shape index (κ1) is 28.7. The molecule has 0 amide bonds. The maximum absolute atomic E-state index is 14.9. The molecule has 5 aromatic rings. The number of aryl methyl sites for hydroxylation is 1. The van der Waals surface area contributed by atoms with Gasteiger partial charge in [-0.15, -0.1) is 11.3 Å². The first-order valence-corrected chi connectivity index (χ1v) is 14.5. The number of carbonyl (C=O) groups excluding carboxylic acids is 1. The van der Waals surface area contributed by atoms with Crippen LogP contribution in [0.2, 0.25) is 5.02 Å². The van der Waals surface area contributed by atoms with E-state index in [2.05, 4.69) is 17.0 Å². The summed E-state index contributed by atoms with van der Waals surface area (Å²) in [5.74, 6) is -1.17. The summed E-state index contributed by atoms with van der Waals surface area (Å²) in [4.78, 5) is 30.7.